The zero-order valence-corrected chi connectivity index (χ0v) is 17.4. The van der Waals surface area contributed by atoms with Crippen LogP contribution in [-0.2, 0) is 11.3 Å². The standard InChI is InChI=1S/C23H27BrN2O/c1-26(22-8-3-2-4-9-22)17-19-10-13-21(14-11-19)25-23(27)15-12-18-6-5-7-20(24)16-18/h5-7,10-16,22H,2-4,8-9,17H2,1H3,(H,25,27)/b15-12+. The van der Waals surface area contributed by atoms with Crippen LogP contribution in [0.2, 0.25) is 0 Å². The Kier molecular flexibility index (Phi) is 7.25. The van der Waals surface area contributed by atoms with Gasteiger partial charge in [-0.05, 0) is 61.4 Å². The average molecular weight is 427 g/mol. The normalized spacial score (nSPS) is 15.4. The Morgan fingerprint density at radius 1 is 1.15 bits per heavy atom. The number of nitrogens with one attached hydrogen (secondary N) is 1. The van der Waals surface area contributed by atoms with Gasteiger partial charge >= 0.3 is 0 Å². The molecule has 0 radical (unpaired) electrons. The number of rotatable bonds is 6. The van der Waals surface area contributed by atoms with Gasteiger partial charge < -0.3 is 5.32 Å². The van der Waals surface area contributed by atoms with Crippen molar-refractivity contribution in [2.45, 2.75) is 44.7 Å². The van der Waals surface area contributed by atoms with Crippen molar-refractivity contribution in [3.63, 3.8) is 0 Å². The Morgan fingerprint density at radius 2 is 1.89 bits per heavy atom. The largest absolute Gasteiger partial charge is 0.323 e. The lowest BCUT2D eigenvalue weighted by Gasteiger charge is -2.31. The van der Waals surface area contributed by atoms with Gasteiger partial charge in [-0.25, -0.2) is 0 Å². The zero-order valence-electron chi connectivity index (χ0n) is 15.8. The van der Waals surface area contributed by atoms with Crippen LogP contribution in [0.25, 0.3) is 6.08 Å². The number of hydrogen-bond donors (Lipinski definition) is 1. The zero-order chi connectivity index (χ0) is 19.1. The Bertz CT molecular complexity index is 779. The third-order valence-electron chi connectivity index (χ3n) is 5.13. The molecule has 3 nitrogen and oxygen atoms in total. The molecule has 1 fully saturated rings. The van der Waals surface area contributed by atoms with Gasteiger partial charge in [0.1, 0.15) is 0 Å². The van der Waals surface area contributed by atoms with E-state index in [1.54, 1.807) is 6.08 Å². The van der Waals surface area contributed by atoms with Crippen molar-refractivity contribution >= 4 is 33.6 Å². The summed E-state index contributed by atoms with van der Waals surface area (Å²) in [7, 11) is 2.22. The van der Waals surface area contributed by atoms with Crippen LogP contribution in [0.5, 0.6) is 0 Å². The smallest absolute Gasteiger partial charge is 0.248 e. The lowest BCUT2D eigenvalue weighted by Crippen LogP contribution is -2.32. The minimum absolute atomic E-state index is 0.123. The van der Waals surface area contributed by atoms with Crippen molar-refractivity contribution in [1.29, 1.82) is 0 Å². The van der Waals surface area contributed by atoms with Crippen molar-refractivity contribution in [3.05, 3.63) is 70.2 Å². The predicted molar refractivity (Wildman–Crippen MR) is 117 cm³/mol. The minimum Gasteiger partial charge on any atom is -0.323 e. The number of benzene rings is 2. The number of halogens is 1. The van der Waals surface area contributed by atoms with E-state index in [0.29, 0.717) is 6.04 Å². The van der Waals surface area contributed by atoms with Crippen molar-refractivity contribution in [2.24, 2.45) is 0 Å². The van der Waals surface area contributed by atoms with Crippen LogP contribution in [0, 0.1) is 0 Å². The second-order valence-corrected chi connectivity index (χ2v) is 8.20. The van der Waals surface area contributed by atoms with E-state index in [1.165, 1.54) is 37.7 Å². The van der Waals surface area contributed by atoms with Crippen LogP contribution in [0.15, 0.2) is 59.1 Å². The van der Waals surface area contributed by atoms with Crippen LogP contribution < -0.4 is 5.32 Å². The number of hydrogen-bond acceptors (Lipinski definition) is 2. The highest BCUT2D eigenvalue weighted by molar-refractivity contribution is 9.10. The Morgan fingerprint density at radius 3 is 2.59 bits per heavy atom. The molecule has 0 atom stereocenters. The molecule has 1 aliphatic rings. The summed E-state index contributed by atoms with van der Waals surface area (Å²) >= 11 is 3.43. The summed E-state index contributed by atoms with van der Waals surface area (Å²) in [6.45, 7) is 0.960. The van der Waals surface area contributed by atoms with E-state index in [-0.39, 0.29) is 5.91 Å². The fourth-order valence-electron chi connectivity index (χ4n) is 3.60. The van der Waals surface area contributed by atoms with Crippen molar-refractivity contribution in [2.75, 3.05) is 12.4 Å². The minimum atomic E-state index is -0.123. The van der Waals surface area contributed by atoms with Crippen LogP contribution in [0.3, 0.4) is 0 Å². The maximum Gasteiger partial charge on any atom is 0.248 e. The predicted octanol–water partition coefficient (Wildman–Crippen LogP) is 5.87. The molecule has 2 aromatic carbocycles. The molecule has 3 rings (SSSR count). The van der Waals surface area contributed by atoms with Gasteiger partial charge in [0.25, 0.3) is 0 Å². The molecular formula is C23H27BrN2O. The quantitative estimate of drug-likeness (QED) is 0.586. The Balaban J connectivity index is 1.51. The molecule has 27 heavy (non-hydrogen) atoms. The summed E-state index contributed by atoms with van der Waals surface area (Å²) < 4.78 is 0.999. The first-order valence-corrected chi connectivity index (χ1v) is 10.4. The molecule has 4 heteroatoms. The maximum atomic E-state index is 12.1. The molecule has 0 aromatic heterocycles. The van der Waals surface area contributed by atoms with Gasteiger partial charge in [-0.3, -0.25) is 9.69 Å². The summed E-state index contributed by atoms with van der Waals surface area (Å²) in [5.74, 6) is -0.123. The van der Waals surface area contributed by atoms with E-state index in [1.807, 2.05) is 42.5 Å². The third-order valence-corrected chi connectivity index (χ3v) is 5.62. The van der Waals surface area contributed by atoms with Gasteiger partial charge in [-0.1, -0.05) is 59.5 Å². The second-order valence-electron chi connectivity index (χ2n) is 7.28. The first-order valence-electron chi connectivity index (χ1n) is 9.64. The van der Waals surface area contributed by atoms with Crippen LogP contribution in [0.4, 0.5) is 5.69 Å². The fourth-order valence-corrected chi connectivity index (χ4v) is 4.02. The Labute approximate surface area is 170 Å². The summed E-state index contributed by atoms with van der Waals surface area (Å²) in [5.41, 5.74) is 3.09. The molecule has 0 bridgehead atoms. The van der Waals surface area contributed by atoms with Crippen molar-refractivity contribution in [3.8, 4) is 0 Å². The lowest BCUT2D eigenvalue weighted by atomic mass is 9.94. The van der Waals surface area contributed by atoms with Gasteiger partial charge in [-0.15, -0.1) is 0 Å². The average Bonchev–Trinajstić information content (AvgIpc) is 2.69. The molecule has 0 spiro atoms. The molecule has 142 valence electrons. The van der Waals surface area contributed by atoms with Crippen LogP contribution >= 0.6 is 15.9 Å². The topological polar surface area (TPSA) is 32.3 Å². The summed E-state index contributed by atoms with van der Waals surface area (Å²) in [6.07, 6.45) is 10.1. The molecule has 1 N–H and O–H groups in total. The second kappa shape index (κ2) is 9.86. The highest BCUT2D eigenvalue weighted by Gasteiger charge is 2.17. The van der Waals surface area contributed by atoms with E-state index in [2.05, 4.69) is 45.3 Å². The van der Waals surface area contributed by atoms with Crippen molar-refractivity contribution < 1.29 is 4.79 Å². The van der Waals surface area contributed by atoms with Gasteiger partial charge in [0.15, 0.2) is 0 Å². The Hall–Kier alpha value is -1.91. The summed E-state index contributed by atoms with van der Waals surface area (Å²) in [5, 5.41) is 2.92. The van der Waals surface area contributed by atoms with Gasteiger partial charge in [0, 0.05) is 28.8 Å². The molecular weight excluding hydrogens is 400 g/mol. The first kappa shape index (κ1) is 19.8. The fraction of sp³-hybridized carbons (Fsp3) is 0.348. The third kappa shape index (κ3) is 6.33. The molecule has 0 unspecified atom stereocenters. The molecule has 2 aromatic rings. The van der Waals surface area contributed by atoms with Gasteiger partial charge in [0.2, 0.25) is 5.91 Å². The van der Waals surface area contributed by atoms with Gasteiger partial charge in [0.05, 0.1) is 0 Å². The molecule has 1 amide bonds. The lowest BCUT2D eigenvalue weighted by molar-refractivity contribution is -0.111. The van der Waals surface area contributed by atoms with Crippen LogP contribution in [-0.4, -0.2) is 23.9 Å². The van der Waals surface area contributed by atoms with E-state index < -0.39 is 0 Å². The SMILES string of the molecule is CN(Cc1ccc(NC(=O)/C=C/c2cccc(Br)c2)cc1)C1CCCCC1. The number of amides is 1. The van der Waals surface area contributed by atoms with Crippen molar-refractivity contribution in [1.82, 2.24) is 4.90 Å². The number of anilines is 1. The first-order chi connectivity index (χ1) is 13.1. The molecule has 0 saturated heterocycles. The number of nitrogens with zero attached hydrogens (tertiary/aromatic N) is 1. The highest BCUT2D eigenvalue weighted by Crippen LogP contribution is 2.23. The van der Waals surface area contributed by atoms with Crippen LogP contribution in [0.1, 0.15) is 43.2 Å². The summed E-state index contributed by atoms with van der Waals surface area (Å²) in [6, 6.07) is 16.7. The molecule has 1 aliphatic carbocycles. The number of carbonyl (C=O) groups excluding carboxylic acids is 1. The monoisotopic (exact) mass is 426 g/mol. The molecule has 0 heterocycles. The highest BCUT2D eigenvalue weighted by atomic mass is 79.9. The van der Waals surface area contributed by atoms with E-state index in [9.17, 15) is 4.79 Å². The van der Waals surface area contributed by atoms with E-state index in [4.69, 9.17) is 0 Å². The maximum absolute atomic E-state index is 12.1. The molecule has 0 aliphatic heterocycles. The summed E-state index contributed by atoms with van der Waals surface area (Å²) in [4.78, 5) is 14.6. The van der Waals surface area contributed by atoms with E-state index >= 15 is 0 Å². The number of carbonyl (C=O) groups is 1. The van der Waals surface area contributed by atoms with Gasteiger partial charge in [-0.2, -0.15) is 0 Å². The molecule has 1 saturated carbocycles. The van der Waals surface area contributed by atoms with E-state index in [0.717, 1.165) is 22.3 Å².